The second kappa shape index (κ2) is 4.40. The highest BCUT2D eigenvalue weighted by molar-refractivity contribution is 14.1. The molecule has 1 N–H and O–H groups in total. The van der Waals surface area contributed by atoms with Gasteiger partial charge >= 0.3 is 0 Å². The number of hydrogen-bond acceptors (Lipinski definition) is 2. The van der Waals surface area contributed by atoms with Gasteiger partial charge in [-0.25, -0.2) is 4.98 Å². The quantitative estimate of drug-likeness (QED) is 0.811. The maximum absolute atomic E-state index is 12.0. The number of benzene rings is 1. The molecule has 4 heteroatoms. The fourth-order valence-electron chi connectivity index (χ4n) is 2.52. The van der Waals surface area contributed by atoms with Crippen molar-refractivity contribution in [1.29, 1.82) is 0 Å². The van der Waals surface area contributed by atoms with Crippen LogP contribution in [0.5, 0.6) is 0 Å². The van der Waals surface area contributed by atoms with Crippen LogP contribution in [0.3, 0.4) is 0 Å². The van der Waals surface area contributed by atoms with Crippen molar-refractivity contribution in [2.45, 2.75) is 31.6 Å². The maximum Gasteiger partial charge on any atom is 0.258 e. The number of nitrogens with one attached hydrogen (secondary N) is 1. The first-order chi connectivity index (χ1) is 8.24. The zero-order valence-corrected chi connectivity index (χ0v) is 11.5. The minimum absolute atomic E-state index is 0.00424. The van der Waals surface area contributed by atoms with E-state index in [-0.39, 0.29) is 5.56 Å². The third kappa shape index (κ3) is 2.10. The predicted octanol–water partition coefficient (Wildman–Crippen LogP) is 3.19. The summed E-state index contributed by atoms with van der Waals surface area (Å²) in [4.78, 5) is 19.6. The van der Waals surface area contributed by atoms with Gasteiger partial charge in [0.2, 0.25) is 0 Å². The lowest BCUT2D eigenvalue weighted by molar-refractivity contribution is 0.669. The van der Waals surface area contributed by atoms with Crippen LogP contribution in [0, 0.1) is 3.57 Å². The minimum atomic E-state index is -0.00424. The smallest absolute Gasteiger partial charge is 0.258 e. The average molecular weight is 340 g/mol. The molecule has 0 radical (unpaired) electrons. The number of hydrogen-bond donors (Lipinski definition) is 1. The van der Waals surface area contributed by atoms with Gasteiger partial charge in [-0.15, -0.1) is 0 Å². The first-order valence-electron chi connectivity index (χ1n) is 5.93. The van der Waals surface area contributed by atoms with Crippen LogP contribution in [-0.4, -0.2) is 9.97 Å². The van der Waals surface area contributed by atoms with Crippen molar-refractivity contribution in [3.8, 4) is 0 Å². The topological polar surface area (TPSA) is 45.8 Å². The Labute approximate surface area is 113 Å². The second-order valence-electron chi connectivity index (χ2n) is 4.59. The van der Waals surface area contributed by atoms with Crippen molar-refractivity contribution in [2.75, 3.05) is 0 Å². The van der Waals surface area contributed by atoms with E-state index < -0.39 is 0 Å². The van der Waals surface area contributed by atoms with Crippen molar-refractivity contribution < 1.29 is 0 Å². The lowest BCUT2D eigenvalue weighted by Gasteiger charge is -2.08. The molecular weight excluding hydrogens is 327 g/mol. The molecule has 0 saturated heterocycles. The van der Waals surface area contributed by atoms with E-state index in [1.54, 1.807) is 0 Å². The summed E-state index contributed by atoms with van der Waals surface area (Å²) in [6.45, 7) is 0. The highest BCUT2D eigenvalue weighted by Gasteiger charge is 2.19. The largest absolute Gasteiger partial charge is 0.310 e. The molecule has 0 bridgehead atoms. The summed E-state index contributed by atoms with van der Waals surface area (Å²) in [5, 5.41) is 0.693. The fourth-order valence-corrected chi connectivity index (χ4v) is 3.01. The molecule has 0 unspecified atom stereocenters. The number of fused-ring (bicyclic) bond motifs is 1. The van der Waals surface area contributed by atoms with Crippen LogP contribution in [0.15, 0.2) is 23.0 Å². The molecule has 1 aliphatic rings. The number of H-pyrrole nitrogens is 1. The van der Waals surface area contributed by atoms with E-state index >= 15 is 0 Å². The van der Waals surface area contributed by atoms with E-state index in [1.807, 2.05) is 18.2 Å². The van der Waals surface area contributed by atoms with Crippen LogP contribution >= 0.6 is 22.6 Å². The monoisotopic (exact) mass is 340 g/mol. The fraction of sp³-hybridized carbons (Fsp3) is 0.385. The lowest BCUT2D eigenvalue weighted by atomic mass is 10.1. The Kier molecular flexibility index (Phi) is 2.90. The van der Waals surface area contributed by atoms with Gasteiger partial charge in [-0.05, 0) is 53.6 Å². The van der Waals surface area contributed by atoms with Gasteiger partial charge in [0.15, 0.2) is 0 Å². The van der Waals surface area contributed by atoms with Gasteiger partial charge in [0.05, 0.1) is 10.9 Å². The van der Waals surface area contributed by atoms with Crippen LogP contribution in [-0.2, 0) is 0 Å². The number of aromatic amines is 1. The zero-order chi connectivity index (χ0) is 11.8. The average Bonchev–Trinajstić information content (AvgIpc) is 2.83. The Morgan fingerprint density at radius 3 is 2.82 bits per heavy atom. The van der Waals surface area contributed by atoms with Gasteiger partial charge in [-0.1, -0.05) is 12.8 Å². The Bertz CT molecular complexity index is 614. The van der Waals surface area contributed by atoms with E-state index in [4.69, 9.17) is 0 Å². The Morgan fingerprint density at radius 1 is 1.29 bits per heavy atom. The normalized spacial score (nSPS) is 16.8. The van der Waals surface area contributed by atoms with Crippen molar-refractivity contribution in [2.24, 2.45) is 0 Å². The molecule has 1 fully saturated rings. The zero-order valence-electron chi connectivity index (χ0n) is 9.37. The highest BCUT2D eigenvalue weighted by atomic mass is 127. The maximum atomic E-state index is 12.0. The molecule has 3 rings (SSSR count). The van der Waals surface area contributed by atoms with Gasteiger partial charge < -0.3 is 4.98 Å². The van der Waals surface area contributed by atoms with Crippen molar-refractivity contribution in [1.82, 2.24) is 9.97 Å². The number of halogens is 1. The molecule has 3 nitrogen and oxygen atoms in total. The van der Waals surface area contributed by atoms with Crippen LogP contribution in [0.25, 0.3) is 10.9 Å². The van der Waals surface area contributed by atoms with Crippen LogP contribution < -0.4 is 5.56 Å². The van der Waals surface area contributed by atoms with E-state index in [0.29, 0.717) is 11.3 Å². The molecule has 1 heterocycles. The Hall–Kier alpha value is -0.910. The molecule has 88 valence electrons. The van der Waals surface area contributed by atoms with Crippen molar-refractivity contribution >= 4 is 33.5 Å². The third-order valence-corrected chi connectivity index (χ3v) is 4.10. The molecule has 1 aromatic carbocycles. The van der Waals surface area contributed by atoms with E-state index in [2.05, 4.69) is 32.6 Å². The van der Waals surface area contributed by atoms with Crippen LogP contribution in [0.4, 0.5) is 0 Å². The van der Waals surface area contributed by atoms with E-state index in [0.717, 1.165) is 27.8 Å². The summed E-state index contributed by atoms with van der Waals surface area (Å²) in [7, 11) is 0. The Morgan fingerprint density at radius 2 is 2.06 bits per heavy atom. The highest BCUT2D eigenvalue weighted by Crippen LogP contribution is 2.31. The van der Waals surface area contributed by atoms with Crippen LogP contribution in [0.2, 0.25) is 0 Å². The van der Waals surface area contributed by atoms with Gasteiger partial charge in [-0.2, -0.15) is 0 Å². The van der Waals surface area contributed by atoms with Gasteiger partial charge in [0.1, 0.15) is 5.82 Å². The SMILES string of the molecule is O=c1[nH]c(C2CCCC2)nc2ccc(I)cc12. The Balaban J connectivity index is 2.17. The van der Waals surface area contributed by atoms with E-state index in [9.17, 15) is 4.79 Å². The first-order valence-corrected chi connectivity index (χ1v) is 7.01. The molecular formula is C13H13IN2O. The lowest BCUT2D eigenvalue weighted by Crippen LogP contribution is -2.13. The predicted molar refractivity (Wildman–Crippen MR) is 76.3 cm³/mol. The summed E-state index contributed by atoms with van der Waals surface area (Å²) in [5.74, 6) is 1.33. The number of rotatable bonds is 1. The van der Waals surface area contributed by atoms with Gasteiger partial charge in [0.25, 0.3) is 5.56 Å². The molecule has 1 aromatic heterocycles. The molecule has 0 spiro atoms. The summed E-state index contributed by atoms with van der Waals surface area (Å²) in [6, 6.07) is 5.82. The third-order valence-electron chi connectivity index (χ3n) is 3.43. The molecule has 0 aliphatic heterocycles. The van der Waals surface area contributed by atoms with Crippen molar-refractivity contribution in [3.05, 3.63) is 37.9 Å². The summed E-state index contributed by atoms with van der Waals surface area (Å²) < 4.78 is 1.07. The van der Waals surface area contributed by atoms with Crippen molar-refractivity contribution in [3.63, 3.8) is 0 Å². The summed E-state index contributed by atoms with van der Waals surface area (Å²) in [5.41, 5.74) is 0.812. The summed E-state index contributed by atoms with van der Waals surface area (Å²) in [6.07, 6.45) is 4.80. The molecule has 17 heavy (non-hydrogen) atoms. The molecule has 0 atom stereocenters. The molecule has 1 saturated carbocycles. The minimum Gasteiger partial charge on any atom is -0.310 e. The number of aromatic nitrogens is 2. The van der Waals surface area contributed by atoms with Gasteiger partial charge in [0, 0.05) is 9.49 Å². The number of nitrogens with zero attached hydrogens (tertiary/aromatic N) is 1. The molecule has 1 aliphatic carbocycles. The second-order valence-corrected chi connectivity index (χ2v) is 5.84. The molecule has 0 amide bonds. The summed E-state index contributed by atoms with van der Waals surface area (Å²) >= 11 is 2.21. The van der Waals surface area contributed by atoms with E-state index in [1.165, 1.54) is 12.8 Å². The molecule has 2 aromatic rings. The first kappa shape index (κ1) is 11.2. The van der Waals surface area contributed by atoms with Gasteiger partial charge in [-0.3, -0.25) is 4.79 Å². The van der Waals surface area contributed by atoms with Crippen LogP contribution in [0.1, 0.15) is 37.4 Å². The standard InChI is InChI=1S/C13H13IN2O/c14-9-5-6-11-10(7-9)13(17)16-12(15-11)8-3-1-2-4-8/h5-8H,1-4H2,(H,15,16,17).